The number of fused-ring (bicyclic) bond motifs is 1. The van der Waals surface area contributed by atoms with Gasteiger partial charge in [0.2, 0.25) is 6.79 Å². The molecule has 0 fully saturated rings. The summed E-state index contributed by atoms with van der Waals surface area (Å²) in [6, 6.07) is 3.87. The van der Waals surface area contributed by atoms with E-state index in [-0.39, 0.29) is 6.79 Å². The first-order chi connectivity index (χ1) is 8.08. The highest BCUT2D eigenvalue weighted by Gasteiger charge is 2.17. The van der Waals surface area contributed by atoms with Gasteiger partial charge in [-0.25, -0.2) is 4.99 Å². The normalized spacial score (nSPS) is 13.9. The molecule has 0 aromatic heterocycles. The number of halogens is 1. The van der Waals surface area contributed by atoms with Gasteiger partial charge in [0.1, 0.15) is 0 Å². The van der Waals surface area contributed by atoms with Crippen molar-refractivity contribution in [1.82, 2.24) is 4.90 Å². The van der Waals surface area contributed by atoms with Crippen molar-refractivity contribution in [2.24, 2.45) is 10.7 Å². The van der Waals surface area contributed by atoms with Crippen molar-refractivity contribution in [2.75, 3.05) is 20.9 Å². The van der Waals surface area contributed by atoms with Crippen LogP contribution >= 0.6 is 15.9 Å². The van der Waals surface area contributed by atoms with Crippen LogP contribution < -0.4 is 15.2 Å². The number of rotatable bonds is 2. The van der Waals surface area contributed by atoms with Crippen molar-refractivity contribution in [2.45, 2.75) is 6.54 Å². The quantitative estimate of drug-likeness (QED) is 0.665. The van der Waals surface area contributed by atoms with Crippen LogP contribution in [0.2, 0.25) is 0 Å². The first kappa shape index (κ1) is 12.0. The molecule has 0 spiro atoms. The molecule has 0 bridgehead atoms. The first-order valence-electron chi connectivity index (χ1n) is 5.13. The average molecular weight is 300 g/mol. The summed E-state index contributed by atoms with van der Waals surface area (Å²) in [5.74, 6) is 1.99. The van der Waals surface area contributed by atoms with Crippen LogP contribution in [0.15, 0.2) is 21.6 Å². The molecule has 1 aromatic carbocycles. The molecule has 0 saturated heterocycles. The summed E-state index contributed by atoms with van der Waals surface area (Å²) in [5.41, 5.74) is 6.74. The number of ether oxygens (including phenoxy) is 2. The summed E-state index contributed by atoms with van der Waals surface area (Å²) < 4.78 is 11.5. The summed E-state index contributed by atoms with van der Waals surface area (Å²) in [5, 5.41) is 0. The summed E-state index contributed by atoms with van der Waals surface area (Å²) in [4.78, 5) is 6.03. The van der Waals surface area contributed by atoms with E-state index >= 15 is 0 Å². The Labute approximate surface area is 108 Å². The molecular formula is C11H14BrN3O2. The topological polar surface area (TPSA) is 60.1 Å². The first-order valence-corrected chi connectivity index (χ1v) is 5.92. The van der Waals surface area contributed by atoms with Gasteiger partial charge in [0, 0.05) is 14.1 Å². The summed E-state index contributed by atoms with van der Waals surface area (Å²) in [6.45, 7) is 0.778. The molecule has 2 N–H and O–H groups in total. The second-order valence-electron chi connectivity index (χ2n) is 3.88. The highest BCUT2D eigenvalue weighted by atomic mass is 79.9. The van der Waals surface area contributed by atoms with E-state index in [0.29, 0.717) is 12.5 Å². The number of aliphatic imine (C=N–C) groups is 1. The zero-order valence-corrected chi connectivity index (χ0v) is 11.3. The summed E-state index contributed by atoms with van der Waals surface area (Å²) in [6.07, 6.45) is 0. The van der Waals surface area contributed by atoms with Crippen LogP contribution in [-0.2, 0) is 6.54 Å². The minimum atomic E-state index is 0.264. The highest BCUT2D eigenvalue weighted by Crippen LogP contribution is 2.40. The van der Waals surface area contributed by atoms with Crippen LogP contribution in [-0.4, -0.2) is 31.7 Å². The largest absolute Gasteiger partial charge is 0.454 e. The monoisotopic (exact) mass is 299 g/mol. The fraction of sp³-hybridized carbons (Fsp3) is 0.364. The van der Waals surface area contributed by atoms with Crippen LogP contribution in [0.25, 0.3) is 0 Å². The fourth-order valence-electron chi connectivity index (χ4n) is 1.43. The molecular weight excluding hydrogens is 286 g/mol. The predicted octanol–water partition coefficient (Wildman–Crippen LogP) is 1.55. The number of benzene rings is 1. The van der Waals surface area contributed by atoms with Crippen molar-refractivity contribution in [3.8, 4) is 11.5 Å². The van der Waals surface area contributed by atoms with Crippen LogP contribution in [0.1, 0.15) is 5.56 Å². The molecule has 0 unspecified atom stereocenters. The zero-order chi connectivity index (χ0) is 12.4. The minimum absolute atomic E-state index is 0.264. The molecule has 17 heavy (non-hydrogen) atoms. The lowest BCUT2D eigenvalue weighted by Gasteiger charge is -2.10. The molecule has 1 aliphatic heterocycles. The van der Waals surface area contributed by atoms with Gasteiger partial charge in [-0.3, -0.25) is 0 Å². The molecule has 0 amide bonds. The minimum Gasteiger partial charge on any atom is -0.454 e. The van der Waals surface area contributed by atoms with Gasteiger partial charge in [-0.15, -0.1) is 0 Å². The van der Waals surface area contributed by atoms with E-state index in [2.05, 4.69) is 20.9 Å². The Morgan fingerprint density at radius 3 is 2.94 bits per heavy atom. The predicted molar refractivity (Wildman–Crippen MR) is 69.3 cm³/mol. The van der Waals surface area contributed by atoms with Crippen LogP contribution in [0.5, 0.6) is 11.5 Å². The van der Waals surface area contributed by atoms with Crippen molar-refractivity contribution in [1.29, 1.82) is 0 Å². The number of nitrogens with two attached hydrogens (primary N) is 1. The zero-order valence-electron chi connectivity index (χ0n) is 9.74. The Morgan fingerprint density at radius 1 is 1.47 bits per heavy atom. The van der Waals surface area contributed by atoms with Crippen LogP contribution in [0.4, 0.5) is 0 Å². The Hall–Kier alpha value is -1.43. The van der Waals surface area contributed by atoms with Gasteiger partial charge in [0.25, 0.3) is 0 Å². The molecule has 2 rings (SSSR count). The van der Waals surface area contributed by atoms with Gasteiger partial charge >= 0.3 is 0 Å². The van der Waals surface area contributed by atoms with E-state index in [0.717, 1.165) is 21.5 Å². The van der Waals surface area contributed by atoms with Crippen molar-refractivity contribution in [3.63, 3.8) is 0 Å². The third kappa shape index (κ3) is 2.63. The molecule has 0 saturated carbocycles. The molecule has 0 radical (unpaired) electrons. The lowest BCUT2D eigenvalue weighted by Crippen LogP contribution is -2.30. The van der Waals surface area contributed by atoms with Gasteiger partial charge in [0.15, 0.2) is 17.5 Å². The summed E-state index contributed by atoms with van der Waals surface area (Å²) in [7, 11) is 3.71. The number of nitrogens with zero attached hydrogens (tertiary/aromatic N) is 2. The molecule has 92 valence electrons. The third-order valence-electron chi connectivity index (χ3n) is 2.37. The Kier molecular flexibility index (Phi) is 3.42. The fourth-order valence-corrected chi connectivity index (χ4v) is 2.03. The van der Waals surface area contributed by atoms with Gasteiger partial charge in [-0.2, -0.15) is 0 Å². The SMILES string of the molecule is CN(C)C(N)=NCc1cc(Br)c2c(c1)OCO2. The second-order valence-corrected chi connectivity index (χ2v) is 4.73. The Bertz CT molecular complexity index is 460. The molecule has 0 atom stereocenters. The van der Waals surface area contributed by atoms with Gasteiger partial charge in [-0.05, 0) is 33.6 Å². The van der Waals surface area contributed by atoms with Crippen LogP contribution in [0, 0.1) is 0 Å². The smallest absolute Gasteiger partial charge is 0.231 e. The Balaban J connectivity index is 2.18. The third-order valence-corrected chi connectivity index (χ3v) is 2.96. The number of hydrogen-bond donors (Lipinski definition) is 1. The van der Waals surface area contributed by atoms with Gasteiger partial charge in [0.05, 0.1) is 11.0 Å². The molecule has 1 heterocycles. The van der Waals surface area contributed by atoms with Crippen LogP contribution in [0.3, 0.4) is 0 Å². The molecule has 6 heteroatoms. The van der Waals surface area contributed by atoms with E-state index in [9.17, 15) is 0 Å². The lowest BCUT2D eigenvalue weighted by atomic mass is 10.2. The highest BCUT2D eigenvalue weighted by molar-refractivity contribution is 9.10. The second kappa shape index (κ2) is 4.83. The van der Waals surface area contributed by atoms with E-state index in [1.807, 2.05) is 26.2 Å². The number of hydrogen-bond acceptors (Lipinski definition) is 3. The maximum atomic E-state index is 5.72. The van der Waals surface area contributed by atoms with E-state index in [1.165, 1.54) is 0 Å². The van der Waals surface area contributed by atoms with Crippen molar-refractivity contribution in [3.05, 3.63) is 22.2 Å². The molecule has 1 aliphatic rings. The Morgan fingerprint density at radius 2 is 2.24 bits per heavy atom. The molecule has 0 aliphatic carbocycles. The maximum Gasteiger partial charge on any atom is 0.231 e. The number of guanidine groups is 1. The average Bonchev–Trinajstić information content (AvgIpc) is 2.74. The van der Waals surface area contributed by atoms with Gasteiger partial charge < -0.3 is 20.1 Å². The standard InChI is InChI=1S/C11H14BrN3O2/c1-15(2)11(13)14-5-7-3-8(12)10-9(4-7)16-6-17-10/h3-4H,5-6H2,1-2H3,(H2,13,14). The maximum absolute atomic E-state index is 5.72. The summed E-state index contributed by atoms with van der Waals surface area (Å²) >= 11 is 3.44. The van der Waals surface area contributed by atoms with Crippen molar-refractivity contribution < 1.29 is 9.47 Å². The lowest BCUT2D eigenvalue weighted by molar-refractivity contribution is 0.173. The van der Waals surface area contributed by atoms with E-state index in [1.54, 1.807) is 4.90 Å². The van der Waals surface area contributed by atoms with E-state index in [4.69, 9.17) is 15.2 Å². The molecule has 5 nitrogen and oxygen atoms in total. The van der Waals surface area contributed by atoms with E-state index < -0.39 is 0 Å². The molecule has 1 aromatic rings. The van der Waals surface area contributed by atoms with Crippen molar-refractivity contribution >= 4 is 21.9 Å². The van der Waals surface area contributed by atoms with Gasteiger partial charge in [-0.1, -0.05) is 0 Å².